The molecule has 0 heterocycles. The van der Waals surface area contributed by atoms with Gasteiger partial charge in [0.2, 0.25) is 0 Å². The zero-order valence-corrected chi connectivity index (χ0v) is 17.7. The second kappa shape index (κ2) is 8.08. The van der Waals surface area contributed by atoms with Gasteiger partial charge in [0.15, 0.2) is 0 Å². The second-order valence-corrected chi connectivity index (χ2v) is 9.13. The smallest absolute Gasteiger partial charge is 0.339 e. The van der Waals surface area contributed by atoms with Gasteiger partial charge in [-0.25, -0.2) is 4.79 Å². The Bertz CT molecular complexity index is 620. The first kappa shape index (κ1) is 19.1. The van der Waals surface area contributed by atoms with Crippen LogP contribution in [-0.2, 0) is 14.9 Å². The molecule has 0 saturated heterocycles. The van der Waals surface area contributed by atoms with Gasteiger partial charge in [0.1, 0.15) is 11.9 Å². The summed E-state index contributed by atoms with van der Waals surface area (Å²) in [7, 11) is -4.33. The number of esters is 1. The minimum Gasteiger partial charge on any atom is -0.461 e. The number of halogens is 4. The van der Waals surface area contributed by atoms with Crippen molar-refractivity contribution in [2.45, 2.75) is 5.25 Å². The van der Waals surface area contributed by atoms with Crippen LogP contribution in [0.5, 0.6) is 0 Å². The van der Waals surface area contributed by atoms with Crippen molar-refractivity contribution in [2.24, 2.45) is 0 Å². The van der Waals surface area contributed by atoms with Gasteiger partial charge < -0.3 is 4.74 Å². The van der Waals surface area contributed by atoms with E-state index in [1.54, 1.807) is 6.07 Å². The van der Waals surface area contributed by atoms with E-state index in [1.165, 1.54) is 0 Å². The van der Waals surface area contributed by atoms with Gasteiger partial charge in [-0.2, -0.15) is 8.42 Å². The molecule has 0 spiro atoms. The maximum atomic E-state index is 12.0. The minimum absolute atomic E-state index is 0.352. The van der Waals surface area contributed by atoms with Crippen LogP contribution in [0.1, 0.15) is 10.4 Å². The van der Waals surface area contributed by atoms with Gasteiger partial charge in [0.25, 0.3) is 10.1 Å². The molecular formula is C10H8ClI3O5S. The highest BCUT2D eigenvalue weighted by atomic mass is 127. The molecule has 0 fully saturated rings. The summed E-state index contributed by atoms with van der Waals surface area (Å²) in [5, 5.41) is -1.33. The van der Waals surface area contributed by atoms with Crippen LogP contribution in [-0.4, -0.2) is 36.7 Å². The Morgan fingerprint density at radius 1 is 1.35 bits per heavy atom. The zero-order valence-electron chi connectivity index (χ0n) is 9.65. The molecule has 1 atom stereocenters. The van der Waals surface area contributed by atoms with Crippen LogP contribution in [0, 0.1) is 10.7 Å². The van der Waals surface area contributed by atoms with Crippen LogP contribution < -0.4 is 0 Å². The van der Waals surface area contributed by atoms with Gasteiger partial charge in [-0.05, 0) is 79.9 Å². The van der Waals surface area contributed by atoms with E-state index in [2.05, 4.69) is 45.2 Å². The van der Waals surface area contributed by atoms with Crippen LogP contribution in [0.3, 0.4) is 0 Å². The number of ether oxygens (including phenoxy) is 1. The van der Waals surface area contributed by atoms with Crippen molar-refractivity contribution in [3.63, 3.8) is 0 Å². The summed E-state index contributed by atoms with van der Waals surface area (Å²) in [5.74, 6) is -1.00. The summed E-state index contributed by atoms with van der Waals surface area (Å²) in [6, 6.07) is 3.55. The highest BCUT2D eigenvalue weighted by Crippen LogP contribution is 2.23. The fourth-order valence-electron chi connectivity index (χ4n) is 1.16. The molecule has 0 radical (unpaired) electrons. The van der Waals surface area contributed by atoms with E-state index in [0.717, 1.165) is 10.7 Å². The Morgan fingerprint density at radius 2 is 1.95 bits per heavy atom. The number of rotatable bonds is 5. The Morgan fingerprint density at radius 3 is 2.45 bits per heavy atom. The standard InChI is InChI=1S/C10H8ClI3O5S/c11-3-6(20(16,17)18)4-19-10(15)7-1-5(12)2-8(13)9(7)14/h1-2,6H,3-4H2,(H,16,17,18). The molecule has 20 heavy (non-hydrogen) atoms. The van der Waals surface area contributed by atoms with Crippen molar-refractivity contribution in [3.05, 3.63) is 28.4 Å². The molecule has 10 heteroatoms. The van der Waals surface area contributed by atoms with Crippen molar-refractivity contribution < 1.29 is 22.5 Å². The summed E-state index contributed by atoms with van der Waals surface area (Å²) in [6.45, 7) is -0.487. The minimum atomic E-state index is -4.33. The van der Waals surface area contributed by atoms with Gasteiger partial charge in [0.05, 0.1) is 5.56 Å². The van der Waals surface area contributed by atoms with Crippen molar-refractivity contribution in [1.82, 2.24) is 0 Å². The first-order chi connectivity index (χ1) is 9.16. The van der Waals surface area contributed by atoms with Gasteiger partial charge in [-0.3, -0.25) is 4.55 Å². The summed E-state index contributed by atoms with van der Waals surface area (Å²) in [4.78, 5) is 12.0. The first-order valence-corrected chi connectivity index (χ1v) is 10.3. The summed E-state index contributed by atoms with van der Waals surface area (Å²) in [5.41, 5.74) is 0.352. The molecule has 1 unspecified atom stereocenters. The number of carbonyl (C=O) groups is 1. The van der Waals surface area contributed by atoms with E-state index < -0.39 is 27.9 Å². The van der Waals surface area contributed by atoms with Crippen LogP contribution in [0.25, 0.3) is 0 Å². The van der Waals surface area contributed by atoms with Crippen molar-refractivity contribution in [1.29, 1.82) is 0 Å². The van der Waals surface area contributed by atoms with Crippen molar-refractivity contribution in [3.8, 4) is 0 Å². The lowest BCUT2D eigenvalue weighted by Crippen LogP contribution is -2.29. The monoisotopic (exact) mass is 656 g/mol. The molecule has 1 N–H and O–H groups in total. The number of carbonyl (C=O) groups excluding carboxylic acids is 1. The topological polar surface area (TPSA) is 80.7 Å². The lowest BCUT2D eigenvalue weighted by Gasteiger charge is -2.12. The average molecular weight is 656 g/mol. The molecule has 0 aliphatic carbocycles. The van der Waals surface area contributed by atoms with Crippen LogP contribution in [0.4, 0.5) is 0 Å². The molecule has 0 aliphatic rings. The fourth-order valence-corrected chi connectivity index (χ4v) is 4.50. The molecule has 1 rings (SSSR count). The Hall–Kier alpha value is 1.08. The zero-order chi connectivity index (χ0) is 15.5. The molecule has 0 bridgehead atoms. The molecule has 112 valence electrons. The molecule has 0 aromatic heterocycles. The SMILES string of the molecule is O=C(OCC(CCl)S(=O)(=O)O)c1cc(I)cc(I)c1I. The van der Waals surface area contributed by atoms with Gasteiger partial charge >= 0.3 is 5.97 Å². The van der Waals surface area contributed by atoms with Crippen molar-refractivity contribution >= 4 is 95.5 Å². The van der Waals surface area contributed by atoms with Gasteiger partial charge in [0, 0.05) is 16.6 Å². The Labute approximate surface area is 162 Å². The maximum Gasteiger partial charge on any atom is 0.339 e. The van der Waals surface area contributed by atoms with Crippen LogP contribution in [0.2, 0.25) is 0 Å². The number of benzene rings is 1. The summed E-state index contributed by atoms with van der Waals surface area (Å²) in [6.07, 6.45) is 0. The van der Waals surface area contributed by atoms with E-state index in [0.29, 0.717) is 5.56 Å². The average Bonchev–Trinajstić information content (AvgIpc) is 2.32. The van der Waals surface area contributed by atoms with E-state index >= 15 is 0 Å². The lowest BCUT2D eigenvalue weighted by atomic mass is 10.2. The fraction of sp³-hybridized carbons (Fsp3) is 0.300. The van der Waals surface area contributed by atoms with Crippen LogP contribution >= 0.6 is 79.4 Å². The molecular weight excluding hydrogens is 648 g/mol. The highest BCUT2D eigenvalue weighted by molar-refractivity contribution is 14.1. The van der Waals surface area contributed by atoms with Gasteiger partial charge in [-0.15, -0.1) is 11.6 Å². The molecule has 5 nitrogen and oxygen atoms in total. The summed E-state index contributed by atoms with van der Waals surface area (Å²) < 4.78 is 38.2. The van der Waals surface area contributed by atoms with E-state index in [9.17, 15) is 13.2 Å². The van der Waals surface area contributed by atoms with Crippen molar-refractivity contribution in [2.75, 3.05) is 12.5 Å². The number of hydrogen-bond donors (Lipinski definition) is 1. The quantitative estimate of drug-likeness (QED) is 0.173. The highest BCUT2D eigenvalue weighted by Gasteiger charge is 2.25. The predicted molar refractivity (Wildman–Crippen MR) is 101 cm³/mol. The first-order valence-electron chi connectivity index (χ1n) is 5.00. The molecule has 0 aliphatic heterocycles. The summed E-state index contributed by atoms with van der Waals surface area (Å²) >= 11 is 11.6. The number of hydrogen-bond acceptors (Lipinski definition) is 4. The Balaban J connectivity index is 2.88. The Kier molecular flexibility index (Phi) is 7.73. The third kappa shape index (κ3) is 5.37. The molecule has 0 saturated carbocycles. The third-order valence-electron chi connectivity index (χ3n) is 2.21. The van der Waals surface area contributed by atoms with E-state index in [4.69, 9.17) is 20.9 Å². The van der Waals surface area contributed by atoms with Crippen LogP contribution in [0.15, 0.2) is 12.1 Å². The lowest BCUT2D eigenvalue weighted by molar-refractivity contribution is 0.0506. The van der Waals surface area contributed by atoms with Gasteiger partial charge in [-0.1, -0.05) is 0 Å². The number of alkyl halides is 1. The largest absolute Gasteiger partial charge is 0.461 e. The molecule has 0 amide bonds. The molecule has 1 aromatic carbocycles. The van der Waals surface area contributed by atoms with E-state index in [-0.39, 0.29) is 5.88 Å². The predicted octanol–water partition coefficient (Wildman–Crippen LogP) is 3.15. The second-order valence-electron chi connectivity index (χ2n) is 3.64. The molecule has 1 aromatic rings. The third-order valence-corrected chi connectivity index (χ3v) is 7.58. The van der Waals surface area contributed by atoms with E-state index in [1.807, 2.05) is 28.7 Å². The maximum absolute atomic E-state index is 12.0. The normalized spacial score (nSPS) is 13.1.